The molecule has 0 aromatic heterocycles. The summed E-state index contributed by atoms with van der Waals surface area (Å²) in [6.07, 6.45) is 0.266. The van der Waals surface area contributed by atoms with E-state index in [4.69, 9.17) is 21.1 Å². The molecule has 0 radical (unpaired) electrons. The van der Waals surface area contributed by atoms with Crippen LogP contribution in [0.4, 0.5) is 0 Å². The molecule has 0 aliphatic carbocycles. The molecule has 1 saturated heterocycles. The maximum atomic E-state index is 6.03. The molecule has 1 fully saturated rings. The molecule has 1 aliphatic rings. The summed E-state index contributed by atoms with van der Waals surface area (Å²) in [4.78, 5) is 0. The van der Waals surface area contributed by atoms with Crippen molar-refractivity contribution in [2.24, 2.45) is 0 Å². The summed E-state index contributed by atoms with van der Waals surface area (Å²) in [5.74, 6) is 0.729. The summed E-state index contributed by atoms with van der Waals surface area (Å²) in [6.45, 7) is 1.39. The van der Waals surface area contributed by atoms with Gasteiger partial charge >= 0.3 is 0 Å². The van der Waals surface area contributed by atoms with Gasteiger partial charge in [0.15, 0.2) is 0 Å². The zero-order chi connectivity index (χ0) is 9.97. The number of epoxide rings is 1. The van der Waals surface area contributed by atoms with Gasteiger partial charge in [0.1, 0.15) is 18.5 Å². The summed E-state index contributed by atoms with van der Waals surface area (Å²) in [5, 5.41) is 1.46. The molecular weight excluding hydrogens is 267 g/mol. The second-order valence-corrected chi connectivity index (χ2v) is 4.13. The Morgan fingerprint density at radius 2 is 2.36 bits per heavy atom. The Hall–Kier alpha value is -0.250. The maximum Gasteiger partial charge on any atom is 0.138 e. The average Bonchev–Trinajstić information content (AvgIpc) is 2.99. The van der Waals surface area contributed by atoms with Gasteiger partial charge in [-0.3, -0.25) is 0 Å². The fraction of sp³-hybridized carbons (Fsp3) is 0.400. The number of benzene rings is 1. The minimum atomic E-state index is 0.266. The van der Waals surface area contributed by atoms with Gasteiger partial charge in [0.05, 0.1) is 11.6 Å². The number of hydrogen-bond acceptors (Lipinski definition) is 2. The fourth-order valence-corrected chi connectivity index (χ4v) is 1.70. The van der Waals surface area contributed by atoms with Crippen LogP contribution in [0.3, 0.4) is 0 Å². The Kier molecular flexibility index (Phi) is 3.31. The molecule has 1 aromatic carbocycles. The Labute approximate surface area is 96.3 Å². The lowest BCUT2D eigenvalue weighted by molar-refractivity contribution is 0.263. The summed E-state index contributed by atoms with van der Waals surface area (Å²) < 4.78 is 10.5. The lowest BCUT2D eigenvalue weighted by Gasteiger charge is -2.07. The van der Waals surface area contributed by atoms with Crippen LogP contribution in [0, 0.1) is 0 Å². The first-order valence-corrected chi connectivity index (χ1v) is 5.88. The molecule has 0 bridgehead atoms. The third kappa shape index (κ3) is 2.62. The third-order valence-corrected chi connectivity index (χ3v) is 2.92. The van der Waals surface area contributed by atoms with Crippen LogP contribution in [-0.2, 0) is 10.1 Å². The average molecular weight is 278 g/mol. The minimum Gasteiger partial charge on any atom is -0.489 e. The molecule has 1 aromatic rings. The highest BCUT2D eigenvalue weighted by Crippen LogP contribution is 2.27. The predicted octanol–water partition coefficient (Wildman–Crippen LogP) is 3.01. The molecule has 2 rings (SSSR count). The van der Waals surface area contributed by atoms with Crippen molar-refractivity contribution >= 4 is 27.5 Å². The molecule has 0 saturated carbocycles. The van der Waals surface area contributed by atoms with E-state index in [1.165, 1.54) is 0 Å². The van der Waals surface area contributed by atoms with Gasteiger partial charge in [-0.1, -0.05) is 33.6 Å². The summed E-state index contributed by atoms with van der Waals surface area (Å²) in [7, 11) is 0. The van der Waals surface area contributed by atoms with Crippen molar-refractivity contribution in [1.82, 2.24) is 0 Å². The Morgan fingerprint density at radius 3 is 2.93 bits per heavy atom. The fourth-order valence-electron chi connectivity index (χ4n) is 1.09. The normalized spacial score (nSPS) is 19.4. The van der Waals surface area contributed by atoms with E-state index >= 15 is 0 Å². The zero-order valence-electron chi connectivity index (χ0n) is 7.50. The maximum absolute atomic E-state index is 6.03. The molecule has 0 N–H and O–H groups in total. The van der Waals surface area contributed by atoms with E-state index in [2.05, 4.69) is 15.9 Å². The molecule has 1 atom stereocenters. The number of ether oxygens (including phenoxy) is 2. The summed E-state index contributed by atoms with van der Waals surface area (Å²) in [6, 6.07) is 5.78. The zero-order valence-corrected chi connectivity index (χ0v) is 9.85. The van der Waals surface area contributed by atoms with E-state index in [0.717, 1.165) is 23.2 Å². The first-order valence-electron chi connectivity index (χ1n) is 4.38. The van der Waals surface area contributed by atoms with Gasteiger partial charge in [-0.05, 0) is 17.7 Å². The molecule has 76 valence electrons. The van der Waals surface area contributed by atoms with Gasteiger partial charge < -0.3 is 9.47 Å². The molecule has 0 spiro atoms. The van der Waals surface area contributed by atoms with Crippen LogP contribution >= 0.6 is 27.5 Å². The molecule has 0 amide bonds. The number of hydrogen-bond donors (Lipinski definition) is 0. The Morgan fingerprint density at radius 1 is 1.57 bits per heavy atom. The van der Waals surface area contributed by atoms with Crippen LogP contribution in [0.5, 0.6) is 5.75 Å². The van der Waals surface area contributed by atoms with Crippen LogP contribution < -0.4 is 4.74 Å². The quantitative estimate of drug-likeness (QED) is 0.623. The highest BCUT2D eigenvalue weighted by molar-refractivity contribution is 9.08. The Bertz CT molecular complexity index is 326. The van der Waals surface area contributed by atoms with E-state index in [1.54, 1.807) is 0 Å². The van der Waals surface area contributed by atoms with Gasteiger partial charge in [-0.2, -0.15) is 0 Å². The molecule has 1 unspecified atom stereocenters. The van der Waals surface area contributed by atoms with Crippen molar-refractivity contribution in [3.63, 3.8) is 0 Å². The Balaban J connectivity index is 2.01. The summed E-state index contributed by atoms with van der Waals surface area (Å²) >= 11 is 9.39. The highest BCUT2D eigenvalue weighted by atomic mass is 79.9. The molecule has 1 heterocycles. The predicted molar refractivity (Wildman–Crippen MR) is 59.3 cm³/mol. The second kappa shape index (κ2) is 4.51. The van der Waals surface area contributed by atoms with Gasteiger partial charge in [0.25, 0.3) is 0 Å². The lowest BCUT2D eigenvalue weighted by atomic mass is 10.2. The van der Waals surface area contributed by atoms with Gasteiger partial charge in [0.2, 0.25) is 0 Å². The number of rotatable bonds is 4. The first kappa shape index (κ1) is 10.3. The largest absolute Gasteiger partial charge is 0.489 e. The van der Waals surface area contributed by atoms with Gasteiger partial charge in [-0.25, -0.2) is 0 Å². The molecule has 2 nitrogen and oxygen atoms in total. The summed E-state index contributed by atoms with van der Waals surface area (Å²) in [5.41, 5.74) is 1.14. The lowest BCUT2D eigenvalue weighted by Crippen LogP contribution is -2.04. The van der Waals surface area contributed by atoms with Crippen molar-refractivity contribution in [2.45, 2.75) is 11.4 Å². The first-order chi connectivity index (χ1) is 6.79. The van der Waals surface area contributed by atoms with E-state index in [-0.39, 0.29) is 6.10 Å². The molecular formula is C10H10BrClO2. The van der Waals surface area contributed by atoms with Crippen molar-refractivity contribution in [2.75, 3.05) is 13.2 Å². The van der Waals surface area contributed by atoms with Gasteiger partial charge in [0, 0.05) is 5.33 Å². The van der Waals surface area contributed by atoms with Gasteiger partial charge in [-0.15, -0.1) is 0 Å². The van der Waals surface area contributed by atoms with Crippen LogP contribution in [0.1, 0.15) is 5.56 Å². The van der Waals surface area contributed by atoms with Crippen LogP contribution in [0.25, 0.3) is 0 Å². The second-order valence-electron chi connectivity index (χ2n) is 3.16. The van der Waals surface area contributed by atoms with Crippen molar-refractivity contribution in [3.8, 4) is 5.75 Å². The van der Waals surface area contributed by atoms with Crippen LogP contribution in [-0.4, -0.2) is 19.3 Å². The monoisotopic (exact) mass is 276 g/mol. The third-order valence-electron chi connectivity index (χ3n) is 1.98. The van der Waals surface area contributed by atoms with Crippen LogP contribution in [0.15, 0.2) is 18.2 Å². The SMILES string of the molecule is Clc1cc(CBr)ccc1OCC1CO1. The van der Waals surface area contributed by atoms with Crippen molar-refractivity contribution < 1.29 is 9.47 Å². The number of halogens is 2. The highest BCUT2D eigenvalue weighted by Gasteiger charge is 2.23. The molecule has 1 aliphatic heterocycles. The molecule has 14 heavy (non-hydrogen) atoms. The minimum absolute atomic E-state index is 0.266. The standard InChI is InChI=1S/C10H10BrClO2/c11-4-7-1-2-10(9(12)3-7)14-6-8-5-13-8/h1-3,8H,4-6H2. The smallest absolute Gasteiger partial charge is 0.138 e. The van der Waals surface area contributed by atoms with E-state index in [9.17, 15) is 0 Å². The number of alkyl halides is 1. The van der Waals surface area contributed by atoms with Crippen LogP contribution in [0.2, 0.25) is 5.02 Å². The van der Waals surface area contributed by atoms with E-state index in [1.807, 2.05) is 18.2 Å². The van der Waals surface area contributed by atoms with E-state index < -0.39 is 0 Å². The van der Waals surface area contributed by atoms with Crippen molar-refractivity contribution in [3.05, 3.63) is 28.8 Å². The molecule has 4 heteroatoms. The topological polar surface area (TPSA) is 21.8 Å². The van der Waals surface area contributed by atoms with Crippen molar-refractivity contribution in [1.29, 1.82) is 0 Å². The van der Waals surface area contributed by atoms with E-state index in [0.29, 0.717) is 11.6 Å².